The van der Waals surface area contributed by atoms with E-state index in [1.807, 2.05) is 32.1 Å². The molecule has 0 bridgehead atoms. The van der Waals surface area contributed by atoms with Crippen molar-refractivity contribution in [1.82, 2.24) is 24.4 Å². The van der Waals surface area contributed by atoms with Gasteiger partial charge in [-0.2, -0.15) is 0 Å². The summed E-state index contributed by atoms with van der Waals surface area (Å²) >= 11 is 0. The lowest BCUT2D eigenvalue weighted by molar-refractivity contribution is 0.305. The smallest absolute Gasteiger partial charge is 0.209 e. The van der Waals surface area contributed by atoms with Gasteiger partial charge in [-0.1, -0.05) is 19.9 Å². The second-order valence-corrected chi connectivity index (χ2v) is 8.99. The maximum Gasteiger partial charge on any atom is 0.209 e. The first-order valence-electron chi connectivity index (χ1n) is 9.15. The quantitative estimate of drug-likeness (QED) is 0.769. The largest absolute Gasteiger partial charge is 0.465 e. The van der Waals surface area contributed by atoms with Crippen LogP contribution in [-0.2, 0) is 23.0 Å². The van der Waals surface area contributed by atoms with E-state index in [1.165, 1.54) is 6.26 Å². The maximum atomic E-state index is 11.8. The van der Waals surface area contributed by atoms with Crippen LogP contribution in [-0.4, -0.2) is 54.0 Å². The number of rotatable bonds is 7. The zero-order valence-corrected chi connectivity index (χ0v) is 16.8. The van der Waals surface area contributed by atoms with Gasteiger partial charge in [-0.05, 0) is 24.1 Å². The van der Waals surface area contributed by atoms with Gasteiger partial charge in [-0.15, -0.1) is 10.2 Å². The predicted octanol–water partition coefficient (Wildman–Crippen LogP) is 1.69. The lowest BCUT2D eigenvalue weighted by Gasteiger charge is -2.22. The molecule has 1 aliphatic heterocycles. The van der Waals surface area contributed by atoms with Crippen LogP contribution in [0, 0.1) is 5.92 Å². The van der Waals surface area contributed by atoms with Crippen molar-refractivity contribution in [1.29, 1.82) is 0 Å². The van der Waals surface area contributed by atoms with Crippen LogP contribution < -0.4 is 4.72 Å². The Balaban J connectivity index is 1.69. The van der Waals surface area contributed by atoms with Crippen LogP contribution in [0.25, 0.3) is 6.08 Å². The molecule has 1 atom stereocenters. The minimum absolute atomic E-state index is 0.0728. The van der Waals surface area contributed by atoms with Crippen LogP contribution in [0.5, 0.6) is 0 Å². The molecule has 3 rings (SSSR count). The molecule has 1 N–H and O–H groups in total. The summed E-state index contributed by atoms with van der Waals surface area (Å²) < 4.78 is 33.6. The Morgan fingerprint density at radius 1 is 1.30 bits per heavy atom. The molecule has 0 radical (unpaired) electrons. The van der Waals surface area contributed by atoms with E-state index in [0.717, 1.165) is 44.2 Å². The number of aromatic nitrogens is 3. The summed E-state index contributed by atoms with van der Waals surface area (Å²) in [6, 6.07) is 3.41. The maximum absolute atomic E-state index is 11.8. The second kappa shape index (κ2) is 8.37. The molecule has 148 valence electrons. The highest BCUT2D eigenvalue weighted by molar-refractivity contribution is 7.88. The van der Waals surface area contributed by atoms with Gasteiger partial charge in [0.15, 0.2) is 5.82 Å². The van der Waals surface area contributed by atoms with Gasteiger partial charge in [0.2, 0.25) is 10.0 Å². The number of hydrogen-bond acceptors (Lipinski definition) is 6. The van der Waals surface area contributed by atoms with Crippen molar-refractivity contribution >= 4 is 16.1 Å². The molecule has 0 spiro atoms. The molecule has 9 heteroatoms. The first-order valence-corrected chi connectivity index (χ1v) is 11.0. The van der Waals surface area contributed by atoms with Gasteiger partial charge in [-0.25, -0.2) is 13.1 Å². The van der Waals surface area contributed by atoms with E-state index in [1.54, 1.807) is 6.26 Å². The number of hydrogen-bond donors (Lipinski definition) is 1. The molecule has 0 saturated carbocycles. The Bertz CT molecular complexity index is 871. The number of nitrogens with one attached hydrogen (secondary N) is 1. The molecule has 2 aromatic heterocycles. The van der Waals surface area contributed by atoms with E-state index in [4.69, 9.17) is 4.42 Å². The number of sulfonamides is 1. The molecule has 2 aromatic rings. The zero-order valence-electron chi connectivity index (χ0n) is 16.0. The van der Waals surface area contributed by atoms with Crippen molar-refractivity contribution in [2.24, 2.45) is 5.92 Å². The molecular weight excluding hydrogens is 366 g/mol. The Hall–Kier alpha value is -1.97. The summed E-state index contributed by atoms with van der Waals surface area (Å²) in [7, 11) is -3.33. The lowest BCUT2D eigenvalue weighted by Crippen LogP contribution is -2.33. The standard InChI is InChI=1S/C18H27N5O3S/c1-14(2)17(21-27(3,24)25)18-20-19-16-8-10-22(11-12-23(16)18)9-4-6-15-7-5-13-26-15/h4-7,13-14,17,21H,8-12H2,1-3H3/b6-4+. The van der Waals surface area contributed by atoms with Crippen molar-refractivity contribution in [3.63, 3.8) is 0 Å². The number of furan rings is 1. The molecular formula is C18H27N5O3S. The van der Waals surface area contributed by atoms with Gasteiger partial charge >= 0.3 is 0 Å². The number of fused-ring (bicyclic) bond motifs is 1. The van der Waals surface area contributed by atoms with Crippen molar-refractivity contribution in [3.05, 3.63) is 41.9 Å². The predicted molar refractivity (Wildman–Crippen MR) is 103 cm³/mol. The van der Waals surface area contributed by atoms with Crippen molar-refractivity contribution in [3.8, 4) is 0 Å². The van der Waals surface area contributed by atoms with Crippen LogP contribution >= 0.6 is 0 Å². The number of nitrogens with zero attached hydrogens (tertiary/aromatic N) is 4. The second-order valence-electron chi connectivity index (χ2n) is 7.21. The highest BCUT2D eigenvalue weighted by Crippen LogP contribution is 2.23. The van der Waals surface area contributed by atoms with Gasteiger partial charge in [0.05, 0.1) is 18.6 Å². The van der Waals surface area contributed by atoms with Crippen molar-refractivity contribution in [2.45, 2.75) is 32.9 Å². The molecule has 0 aliphatic carbocycles. The topological polar surface area (TPSA) is 93.3 Å². The van der Waals surface area contributed by atoms with Crippen LogP contribution in [0.1, 0.15) is 37.3 Å². The molecule has 0 fully saturated rings. The Kier molecular flexibility index (Phi) is 6.13. The van der Waals surface area contributed by atoms with Gasteiger partial charge in [0.25, 0.3) is 0 Å². The third-order valence-electron chi connectivity index (χ3n) is 4.62. The van der Waals surface area contributed by atoms with E-state index < -0.39 is 10.0 Å². The summed E-state index contributed by atoms with van der Waals surface area (Å²) in [6.07, 6.45) is 7.69. The minimum atomic E-state index is -3.33. The Morgan fingerprint density at radius 2 is 2.11 bits per heavy atom. The first-order chi connectivity index (χ1) is 12.8. The van der Waals surface area contributed by atoms with Crippen LogP contribution in [0.2, 0.25) is 0 Å². The third-order valence-corrected chi connectivity index (χ3v) is 5.30. The van der Waals surface area contributed by atoms with Gasteiger partial charge in [0, 0.05) is 32.6 Å². The fraction of sp³-hybridized carbons (Fsp3) is 0.556. The lowest BCUT2D eigenvalue weighted by atomic mass is 10.1. The average molecular weight is 394 g/mol. The molecule has 27 heavy (non-hydrogen) atoms. The molecule has 1 unspecified atom stereocenters. The fourth-order valence-electron chi connectivity index (χ4n) is 3.22. The molecule has 0 amide bonds. The minimum Gasteiger partial charge on any atom is -0.465 e. The molecule has 0 saturated heterocycles. The SMILES string of the molecule is CC(C)C(NS(C)(=O)=O)c1nnc2n1CCN(C/C=C/c1ccco1)CC2. The van der Waals surface area contributed by atoms with Crippen molar-refractivity contribution in [2.75, 3.05) is 25.9 Å². The molecule has 0 aromatic carbocycles. The zero-order chi connectivity index (χ0) is 19.4. The van der Waals surface area contributed by atoms with Crippen LogP contribution in [0.3, 0.4) is 0 Å². The van der Waals surface area contributed by atoms with E-state index in [9.17, 15) is 8.42 Å². The van der Waals surface area contributed by atoms with Gasteiger partial charge in [0.1, 0.15) is 11.6 Å². The third kappa shape index (κ3) is 5.27. The fourth-order valence-corrected chi connectivity index (χ4v) is 4.06. The first kappa shape index (κ1) is 19.8. The highest BCUT2D eigenvalue weighted by Gasteiger charge is 2.28. The van der Waals surface area contributed by atoms with Crippen LogP contribution in [0.15, 0.2) is 28.9 Å². The van der Waals surface area contributed by atoms with E-state index in [2.05, 4.69) is 30.5 Å². The van der Waals surface area contributed by atoms with Crippen molar-refractivity contribution < 1.29 is 12.8 Å². The highest BCUT2D eigenvalue weighted by atomic mass is 32.2. The monoisotopic (exact) mass is 393 g/mol. The van der Waals surface area contributed by atoms with Gasteiger partial charge < -0.3 is 8.98 Å². The molecule has 3 heterocycles. The van der Waals surface area contributed by atoms with Gasteiger partial charge in [-0.3, -0.25) is 4.90 Å². The Morgan fingerprint density at radius 3 is 2.78 bits per heavy atom. The molecule has 1 aliphatic rings. The summed E-state index contributed by atoms with van der Waals surface area (Å²) in [4.78, 5) is 2.34. The summed E-state index contributed by atoms with van der Waals surface area (Å²) in [5.74, 6) is 2.52. The summed E-state index contributed by atoms with van der Waals surface area (Å²) in [5, 5.41) is 8.63. The van der Waals surface area contributed by atoms with E-state index in [0.29, 0.717) is 5.82 Å². The Labute approximate surface area is 160 Å². The normalized spacial score (nSPS) is 17.3. The van der Waals surface area contributed by atoms with E-state index >= 15 is 0 Å². The summed E-state index contributed by atoms with van der Waals surface area (Å²) in [6.45, 7) is 7.25. The molecule has 8 nitrogen and oxygen atoms in total. The van der Waals surface area contributed by atoms with Crippen LogP contribution in [0.4, 0.5) is 0 Å². The average Bonchev–Trinajstić information content (AvgIpc) is 3.19. The summed E-state index contributed by atoms with van der Waals surface area (Å²) in [5.41, 5.74) is 0. The van der Waals surface area contributed by atoms with E-state index in [-0.39, 0.29) is 12.0 Å².